The number of nitrogens with zero attached hydrogens (tertiary/aromatic N) is 1. The number of aromatic nitrogens is 1. The number of carbonyl (C=O) groups excluding carboxylic acids is 2. The van der Waals surface area contributed by atoms with Gasteiger partial charge in [0.05, 0.1) is 17.4 Å². The van der Waals surface area contributed by atoms with E-state index >= 15 is 0 Å². The molecular formula is C21H13BrN2O3. The fraction of sp³-hybridized carbons (Fsp3) is 0.0476. The van der Waals surface area contributed by atoms with Gasteiger partial charge in [0.2, 0.25) is 0 Å². The van der Waals surface area contributed by atoms with Crippen LogP contribution in [-0.4, -0.2) is 16.4 Å². The van der Waals surface area contributed by atoms with E-state index in [-0.39, 0.29) is 0 Å². The summed E-state index contributed by atoms with van der Waals surface area (Å²) in [7, 11) is 1.92. The number of aryl methyl sites for hydroxylation is 1. The summed E-state index contributed by atoms with van der Waals surface area (Å²) in [6.07, 6.45) is 3.42. The number of hydrogen-bond acceptors (Lipinski definition) is 3. The molecule has 2 aromatic carbocycles. The van der Waals surface area contributed by atoms with Gasteiger partial charge in [-0.05, 0) is 24.3 Å². The molecule has 0 saturated heterocycles. The maximum absolute atomic E-state index is 12.7. The second-order valence-electron chi connectivity index (χ2n) is 6.49. The summed E-state index contributed by atoms with van der Waals surface area (Å²) in [4.78, 5) is 25.4. The Morgan fingerprint density at radius 3 is 2.52 bits per heavy atom. The number of carbonyl (C=O) groups is 2. The minimum Gasteiger partial charge on any atom is -0.464 e. The minimum atomic E-state index is -0.409. The number of nitrogens with one attached hydrogen (secondary N) is 1. The van der Waals surface area contributed by atoms with E-state index in [9.17, 15) is 9.59 Å². The average molecular weight is 421 g/mol. The number of hydrogen-bond donors (Lipinski definition) is 1. The lowest BCUT2D eigenvalue weighted by atomic mass is 9.95. The molecule has 5 rings (SSSR count). The first-order chi connectivity index (χ1) is 13.0. The third kappa shape index (κ3) is 2.30. The van der Waals surface area contributed by atoms with Gasteiger partial charge in [-0.2, -0.15) is 0 Å². The van der Waals surface area contributed by atoms with Crippen molar-refractivity contribution in [2.45, 2.75) is 0 Å². The third-order valence-corrected chi connectivity index (χ3v) is 5.40. The van der Waals surface area contributed by atoms with Gasteiger partial charge < -0.3 is 8.98 Å². The monoisotopic (exact) mass is 420 g/mol. The number of benzene rings is 2. The smallest absolute Gasteiger partial charge is 0.259 e. The molecule has 1 aliphatic rings. The average Bonchev–Trinajstić information content (AvgIpc) is 3.28. The first-order valence-electron chi connectivity index (χ1n) is 8.36. The van der Waals surface area contributed by atoms with Crippen LogP contribution in [0.4, 0.5) is 0 Å². The van der Waals surface area contributed by atoms with Gasteiger partial charge in [0.15, 0.2) is 0 Å². The molecule has 0 aliphatic carbocycles. The molecule has 27 heavy (non-hydrogen) atoms. The number of furan rings is 1. The topological polar surface area (TPSA) is 64.2 Å². The number of amides is 2. The van der Waals surface area contributed by atoms with E-state index in [0.717, 1.165) is 26.3 Å². The number of imide groups is 1. The van der Waals surface area contributed by atoms with Gasteiger partial charge in [-0.3, -0.25) is 14.9 Å². The van der Waals surface area contributed by atoms with Crippen LogP contribution in [0.25, 0.3) is 33.0 Å². The van der Waals surface area contributed by atoms with Crippen LogP contribution in [0.15, 0.2) is 63.8 Å². The van der Waals surface area contributed by atoms with E-state index in [2.05, 4.69) is 21.2 Å². The van der Waals surface area contributed by atoms with Crippen molar-refractivity contribution in [3.8, 4) is 0 Å². The molecule has 0 radical (unpaired) electrons. The molecule has 0 fully saturated rings. The van der Waals surface area contributed by atoms with Gasteiger partial charge in [-0.15, -0.1) is 0 Å². The predicted molar refractivity (Wildman–Crippen MR) is 107 cm³/mol. The van der Waals surface area contributed by atoms with Crippen molar-refractivity contribution in [1.82, 2.24) is 9.88 Å². The minimum absolute atomic E-state index is 0.345. The van der Waals surface area contributed by atoms with Crippen LogP contribution >= 0.6 is 15.9 Å². The lowest BCUT2D eigenvalue weighted by Gasteiger charge is -2.02. The maximum Gasteiger partial charge on any atom is 0.259 e. The molecule has 1 aliphatic heterocycles. The molecule has 0 unspecified atom stereocenters. The Morgan fingerprint density at radius 2 is 1.70 bits per heavy atom. The molecule has 4 aromatic rings. The zero-order valence-electron chi connectivity index (χ0n) is 14.2. The van der Waals surface area contributed by atoms with Crippen molar-refractivity contribution in [3.05, 3.63) is 70.5 Å². The van der Waals surface area contributed by atoms with E-state index in [1.54, 1.807) is 0 Å². The Hall–Kier alpha value is -3.12. The number of para-hydroxylation sites is 1. The van der Waals surface area contributed by atoms with Crippen molar-refractivity contribution < 1.29 is 14.0 Å². The van der Waals surface area contributed by atoms with Crippen molar-refractivity contribution >= 4 is 60.8 Å². The maximum atomic E-state index is 12.7. The van der Waals surface area contributed by atoms with Crippen LogP contribution in [0.5, 0.6) is 0 Å². The lowest BCUT2D eigenvalue weighted by Crippen LogP contribution is -2.22. The van der Waals surface area contributed by atoms with Gasteiger partial charge in [0, 0.05) is 45.1 Å². The molecule has 0 saturated carbocycles. The molecule has 1 N–H and O–H groups in total. The van der Waals surface area contributed by atoms with E-state index in [4.69, 9.17) is 4.42 Å². The van der Waals surface area contributed by atoms with Gasteiger partial charge in [-0.1, -0.05) is 34.1 Å². The molecule has 6 heteroatoms. The molecule has 0 bridgehead atoms. The first-order valence-corrected chi connectivity index (χ1v) is 9.15. The van der Waals surface area contributed by atoms with Crippen molar-refractivity contribution in [2.24, 2.45) is 7.05 Å². The third-order valence-electron chi connectivity index (χ3n) is 4.90. The summed E-state index contributed by atoms with van der Waals surface area (Å²) in [6, 6.07) is 13.4. The highest BCUT2D eigenvalue weighted by Crippen LogP contribution is 2.39. The summed E-state index contributed by atoms with van der Waals surface area (Å²) in [6.45, 7) is 0. The highest BCUT2D eigenvalue weighted by Gasteiger charge is 2.35. The Morgan fingerprint density at radius 1 is 0.963 bits per heavy atom. The van der Waals surface area contributed by atoms with E-state index in [1.807, 2.05) is 60.3 Å². The summed E-state index contributed by atoms with van der Waals surface area (Å²) >= 11 is 3.42. The molecule has 0 spiro atoms. The van der Waals surface area contributed by atoms with Crippen LogP contribution < -0.4 is 5.32 Å². The zero-order valence-corrected chi connectivity index (χ0v) is 15.8. The summed E-state index contributed by atoms with van der Waals surface area (Å²) in [5.74, 6) is -0.800. The van der Waals surface area contributed by atoms with Crippen molar-refractivity contribution in [3.63, 3.8) is 0 Å². The number of halogens is 1. The van der Waals surface area contributed by atoms with E-state index < -0.39 is 11.8 Å². The van der Waals surface area contributed by atoms with Crippen LogP contribution in [0.3, 0.4) is 0 Å². The molecule has 2 aromatic heterocycles. The summed E-state index contributed by atoms with van der Waals surface area (Å²) in [5, 5.41) is 4.15. The van der Waals surface area contributed by atoms with Crippen molar-refractivity contribution in [2.75, 3.05) is 0 Å². The first kappa shape index (κ1) is 16.1. The lowest BCUT2D eigenvalue weighted by molar-refractivity contribution is -0.122. The summed E-state index contributed by atoms with van der Waals surface area (Å²) < 4.78 is 8.48. The standard InChI is InChI=1S/C21H13BrN2O3/c1-24-9-14(12-4-2-3-5-16(12)24)18-19(21(26)23-20(18)25)15-10-27-17-8-11(22)6-7-13(15)17/h2-10H,1H3,(H,23,25,26). The van der Waals surface area contributed by atoms with E-state index in [1.165, 1.54) is 6.26 Å². The van der Waals surface area contributed by atoms with Gasteiger partial charge >= 0.3 is 0 Å². The predicted octanol–water partition coefficient (Wildman–Crippen LogP) is 4.25. The highest BCUT2D eigenvalue weighted by molar-refractivity contribution is 9.10. The molecule has 132 valence electrons. The number of fused-ring (bicyclic) bond motifs is 2. The fourth-order valence-corrected chi connectivity index (χ4v) is 4.05. The normalized spacial score (nSPS) is 14.6. The molecule has 5 nitrogen and oxygen atoms in total. The zero-order chi connectivity index (χ0) is 18.7. The highest BCUT2D eigenvalue weighted by atomic mass is 79.9. The Balaban J connectivity index is 1.85. The van der Waals surface area contributed by atoms with Gasteiger partial charge in [0.25, 0.3) is 11.8 Å². The van der Waals surface area contributed by atoms with Crippen molar-refractivity contribution in [1.29, 1.82) is 0 Å². The Labute approximate surface area is 162 Å². The van der Waals surface area contributed by atoms with Gasteiger partial charge in [-0.25, -0.2) is 0 Å². The van der Waals surface area contributed by atoms with Crippen LogP contribution in [0, 0.1) is 0 Å². The van der Waals surface area contributed by atoms with Gasteiger partial charge in [0.1, 0.15) is 5.58 Å². The SMILES string of the molecule is Cn1cc(C2=C(c3coc4cc(Br)ccc34)C(=O)NC2=O)c2ccccc21. The number of rotatable bonds is 2. The molecule has 3 heterocycles. The second-order valence-corrected chi connectivity index (χ2v) is 7.41. The van der Waals surface area contributed by atoms with Crippen LogP contribution in [0.1, 0.15) is 11.1 Å². The van der Waals surface area contributed by atoms with Crippen LogP contribution in [0.2, 0.25) is 0 Å². The second kappa shape index (κ2) is 5.69. The quantitative estimate of drug-likeness (QED) is 0.492. The fourth-order valence-electron chi connectivity index (χ4n) is 3.71. The van der Waals surface area contributed by atoms with E-state index in [0.29, 0.717) is 22.3 Å². The molecule has 2 amide bonds. The molecule has 0 atom stereocenters. The Kier molecular flexibility index (Phi) is 3.39. The Bertz CT molecular complexity index is 1310. The molecular weight excluding hydrogens is 408 g/mol. The largest absolute Gasteiger partial charge is 0.464 e. The summed E-state index contributed by atoms with van der Waals surface area (Å²) in [5.41, 5.74) is 3.71. The van der Waals surface area contributed by atoms with Crippen LogP contribution in [-0.2, 0) is 16.6 Å².